The van der Waals surface area contributed by atoms with Crippen molar-refractivity contribution in [1.29, 1.82) is 0 Å². The lowest BCUT2D eigenvalue weighted by atomic mass is 10.1. The zero-order chi connectivity index (χ0) is 13.7. The Morgan fingerprint density at radius 1 is 1.05 bits per heavy atom. The third-order valence-corrected chi connectivity index (χ3v) is 5.34. The predicted molar refractivity (Wildman–Crippen MR) is 77.5 cm³/mol. The van der Waals surface area contributed by atoms with Gasteiger partial charge in [-0.2, -0.15) is 0 Å². The molecule has 0 amide bonds. The molecule has 0 aliphatic rings. The molecular weight excluding hydrogens is 258 g/mol. The van der Waals surface area contributed by atoms with E-state index in [9.17, 15) is 9.32 Å². The number of hydrogen-bond acceptors (Lipinski definition) is 3. The monoisotopic (exact) mass is 275 g/mol. The molecule has 19 heavy (non-hydrogen) atoms. The Bertz CT molecular complexity index is 632. The number of aliphatic hydroxyl groups is 1. The minimum absolute atomic E-state index is 0.109. The molecule has 4 heteroatoms. The SMILES string of the molecule is CN=[S@](=O)(C[C@@H](O)c1ccccc1)c1ccccc1. The van der Waals surface area contributed by atoms with Crippen LogP contribution in [0, 0.1) is 0 Å². The maximum Gasteiger partial charge on any atom is 0.0917 e. The molecule has 1 N–H and O–H groups in total. The topological polar surface area (TPSA) is 49.7 Å². The number of nitrogens with zero attached hydrogens (tertiary/aromatic N) is 1. The van der Waals surface area contributed by atoms with Crippen LogP contribution in [0.3, 0.4) is 0 Å². The second-order valence-electron chi connectivity index (χ2n) is 4.23. The predicted octanol–water partition coefficient (Wildman–Crippen LogP) is 2.88. The molecule has 0 unspecified atom stereocenters. The van der Waals surface area contributed by atoms with Crippen molar-refractivity contribution in [3.8, 4) is 0 Å². The summed E-state index contributed by atoms with van der Waals surface area (Å²) in [6.07, 6.45) is -0.780. The van der Waals surface area contributed by atoms with Crippen molar-refractivity contribution in [3.63, 3.8) is 0 Å². The van der Waals surface area contributed by atoms with Crippen LogP contribution in [0.15, 0.2) is 69.9 Å². The Kier molecular flexibility index (Phi) is 4.35. The van der Waals surface area contributed by atoms with Gasteiger partial charge in [0.05, 0.1) is 21.6 Å². The number of rotatable bonds is 4. The fraction of sp³-hybridized carbons (Fsp3) is 0.200. The summed E-state index contributed by atoms with van der Waals surface area (Å²) in [6.45, 7) is 0. The van der Waals surface area contributed by atoms with Crippen molar-refractivity contribution in [2.45, 2.75) is 11.0 Å². The van der Waals surface area contributed by atoms with Crippen LogP contribution in [0.25, 0.3) is 0 Å². The standard InChI is InChI=1S/C15H17NO2S/c1-16-19(18,14-10-6-3-7-11-14)12-15(17)13-8-4-2-5-9-13/h2-11,15,17H,12H2,1H3/t15-,19+/m1/s1. The average Bonchev–Trinajstić information content (AvgIpc) is 2.49. The van der Waals surface area contributed by atoms with E-state index >= 15 is 0 Å². The number of benzene rings is 2. The highest BCUT2D eigenvalue weighted by molar-refractivity contribution is 7.93. The Labute approximate surface area is 114 Å². The van der Waals surface area contributed by atoms with Crippen molar-refractivity contribution in [2.75, 3.05) is 12.8 Å². The van der Waals surface area contributed by atoms with Crippen LogP contribution < -0.4 is 0 Å². The third-order valence-electron chi connectivity index (χ3n) is 2.97. The summed E-state index contributed by atoms with van der Waals surface area (Å²) in [6, 6.07) is 18.3. The summed E-state index contributed by atoms with van der Waals surface area (Å²) in [5.74, 6) is 0.109. The number of aliphatic hydroxyl groups excluding tert-OH is 1. The first-order chi connectivity index (χ1) is 9.15. The molecule has 2 aromatic rings. The van der Waals surface area contributed by atoms with Crippen LogP contribution in [0.4, 0.5) is 0 Å². The van der Waals surface area contributed by atoms with E-state index in [1.54, 1.807) is 12.1 Å². The van der Waals surface area contributed by atoms with Gasteiger partial charge in [-0.25, -0.2) is 8.57 Å². The van der Waals surface area contributed by atoms with Crippen molar-refractivity contribution >= 4 is 9.73 Å². The van der Waals surface area contributed by atoms with Gasteiger partial charge in [-0.05, 0) is 17.7 Å². The lowest BCUT2D eigenvalue weighted by Crippen LogP contribution is -2.14. The molecule has 0 saturated carbocycles. The lowest BCUT2D eigenvalue weighted by Gasteiger charge is -2.15. The molecule has 0 radical (unpaired) electrons. The van der Waals surface area contributed by atoms with E-state index in [-0.39, 0.29) is 5.75 Å². The van der Waals surface area contributed by atoms with Crippen LogP contribution in [-0.4, -0.2) is 22.1 Å². The highest BCUT2D eigenvalue weighted by Crippen LogP contribution is 2.21. The van der Waals surface area contributed by atoms with Gasteiger partial charge in [-0.3, -0.25) is 0 Å². The van der Waals surface area contributed by atoms with E-state index in [1.807, 2.05) is 48.5 Å². The van der Waals surface area contributed by atoms with Gasteiger partial charge in [-0.1, -0.05) is 48.5 Å². The molecule has 0 heterocycles. The van der Waals surface area contributed by atoms with E-state index in [0.29, 0.717) is 4.90 Å². The number of hydrogen-bond donors (Lipinski definition) is 1. The Morgan fingerprint density at radius 2 is 1.58 bits per heavy atom. The van der Waals surface area contributed by atoms with Crippen LogP contribution in [0.1, 0.15) is 11.7 Å². The average molecular weight is 275 g/mol. The van der Waals surface area contributed by atoms with Gasteiger partial charge < -0.3 is 5.11 Å². The molecule has 0 bridgehead atoms. The van der Waals surface area contributed by atoms with E-state index in [1.165, 1.54) is 7.05 Å². The van der Waals surface area contributed by atoms with Crippen molar-refractivity contribution in [1.82, 2.24) is 0 Å². The molecule has 2 atom stereocenters. The van der Waals surface area contributed by atoms with Crippen molar-refractivity contribution in [3.05, 3.63) is 66.2 Å². The van der Waals surface area contributed by atoms with Crippen LogP contribution in [0.2, 0.25) is 0 Å². The molecule has 2 rings (SSSR count). The fourth-order valence-corrected chi connectivity index (χ4v) is 3.65. The van der Waals surface area contributed by atoms with Gasteiger partial charge in [0.15, 0.2) is 0 Å². The molecule has 0 aliphatic heterocycles. The summed E-state index contributed by atoms with van der Waals surface area (Å²) in [7, 11) is -1.04. The molecule has 0 aromatic heterocycles. The summed E-state index contributed by atoms with van der Waals surface area (Å²) in [4.78, 5) is 0.660. The van der Waals surface area contributed by atoms with Gasteiger partial charge >= 0.3 is 0 Å². The van der Waals surface area contributed by atoms with E-state index in [4.69, 9.17) is 0 Å². The molecule has 0 aliphatic carbocycles. The fourth-order valence-electron chi connectivity index (χ4n) is 1.89. The first kappa shape index (κ1) is 13.8. The summed E-state index contributed by atoms with van der Waals surface area (Å²) < 4.78 is 16.8. The van der Waals surface area contributed by atoms with E-state index in [0.717, 1.165) is 5.56 Å². The normalized spacial score (nSPS) is 15.5. The first-order valence-electron chi connectivity index (χ1n) is 6.07. The molecular formula is C15H17NO2S. The molecule has 0 fully saturated rings. The van der Waals surface area contributed by atoms with Gasteiger partial charge in [-0.15, -0.1) is 0 Å². The van der Waals surface area contributed by atoms with Gasteiger partial charge in [0.2, 0.25) is 0 Å². The summed E-state index contributed by atoms with van der Waals surface area (Å²) >= 11 is 0. The maximum absolute atomic E-state index is 12.8. The van der Waals surface area contributed by atoms with Crippen molar-refractivity contribution < 1.29 is 9.32 Å². The minimum atomic E-state index is -2.58. The van der Waals surface area contributed by atoms with Gasteiger partial charge in [0, 0.05) is 11.9 Å². The van der Waals surface area contributed by atoms with Gasteiger partial charge in [0.25, 0.3) is 0 Å². The Morgan fingerprint density at radius 3 is 2.11 bits per heavy atom. The van der Waals surface area contributed by atoms with E-state index in [2.05, 4.69) is 4.36 Å². The smallest absolute Gasteiger partial charge is 0.0917 e. The largest absolute Gasteiger partial charge is 0.387 e. The van der Waals surface area contributed by atoms with Crippen LogP contribution in [-0.2, 0) is 9.73 Å². The van der Waals surface area contributed by atoms with Gasteiger partial charge in [0.1, 0.15) is 0 Å². The van der Waals surface area contributed by atoms with Crippen LogP contribution in [0.5, 0.6) is 0 Å². The van der Waals surface area contributed by atoms with E-state index < -0.39 is 15.8 Å². The lowest BCUT2D eigenvalue weighted by molar-refractivity contribution is 0.202. The zero-order valence-corrected chi connectivity index (χ0v) is 11.6. The Hall–Kier alpha value is -1.65. The highest BCUT2D eigenvalue weighted by atomic mass is 32.2. The summed E-state index contributed by atoms with van der Waals surface area (Å²) in [5.41, 5.74) is 0.759. The summed E-state index contributed by atoms with van der Waals surface area (Å²) in [5, 5.41) is 10.2. The molecule has 2 aromatic carbocycles. The molecule has 3 nitrogen and oxygen atoms in total. The third kappa shape index (κ3) is 3.22. The first-order valence-corrected chi connectivity index (χ1v) is 7.75. The molecule has 0 saturated heterocycles. The Balaban J connectivity index is 2.28. The quantitative estimate of drug-likeness (QED) is 0.932. The second-order valence-corrected chi connectivity index (χ2v) is 6.68. The second kappa shape index (κ2) is 5.99. The zero-order valence-electron chi connectivity index (χ0n) is 10.8. The van der Waals surface area contributed by atoms with Crippen LogP contribution >= 0.6 is 0 Å². The molecule has 0 spiro atoms. The minimum Gasteiger partial charge on any atom is -0.387 e. The highest BCUT2D eigenvalue weighted by Gasteiger charge is 2.18. The maximum atomic E-state index is 12.8. The van der Waals surface area contributed by atoms with Crippen molar-refractivity contribution in [2.24, 2.45) is 4.36 Å². The molecule has 100 valence electrons.